The van der Waals surface area contributed by atoms with Crippen LogP contribution in [0.4, 0.5) is 0 Å². The van der Waals surface area contributed by atoms with Gasteiger partial charge in [-0.25, -0.2) is 9.48 Å². The first-order valence-electron chi connectivity index (χ1n) is 7.72. The van der Waals surface area contributed by atoms with Crippen molar-refractivity contribution in [2.75, 3.05) is 0 Å². The largest absolute Gasteiger partial charge is 0.425 e. The standard InChI is InChI=1S/C18H16N4O3/c1-13(23)15-7-9-16(10-8-15)25-18(24)17(22-12-19-20-21-22)11-14-5-3-2-4-6-14/h2-10,12,17H,11H2,1H3/t17-/m0/s1. The van der Waals surface area contributed by atoms with Gasteiger partial charge in [0.2, 0.25) is 0 Å². The molecule has 0 aliphatic heterocycles. The average molecular weight is 336 g/mol. The van der Waals surface area contributed by atoms with E-state index in [1.807, 2.05) is 30.3 Å². The van der Waals surface area contributed by atoms with Crippen LogP contribution in [0.3, 0.4) is 0 Å². The van der Waals surface area contributed by atoms with Crippen molar-refractivity contribution >= 4 is 11.8 Å². The molecule has 0 bridgehead atoms. The second-order valence-electron chi connectivity index (χ2n) is 5.50. The lowest BCUT2D eigenvalue weighted by Gasteiger charge is -2.15. The van der Waals surface area contributed by atoms with Gasteiger partial charge in [-0.1, -0.05) is 30.3 Å². The smallest absolute Gasteiger partial charge is 0.336 e. The molecule has 7 nitrogen and oxygen atoms in total. The molecule has 2 aromatic carbocycles. The van der Waals surface area contributed by atoms with Gasteiger partial charge in [0.25, 0.3) is 0 Å². The molecule has 0 saturated carbocycles. The fourth-order valence-corrected chi connectivity index (χ4v) is 2.38. The molecule has 0 fully saturated rings. The Morgan fingerprint density at radius 3 is 2.40 bits per heavy atom. The van der Waals surface area contributed by atoms with Crippen LogP contribution in [0.1, 0.15) is 28.9 Å². The molecule has 0 N–H and O–H groups in total. The maximum atomic E-state index is 12.6. The van der Waals surface area contributed by atoms with Gasteiger partial charge >= 0.3 is 5.97 Å². The predicted molar refractivity (Wildman–Crippen MR) is 89.1 cm³/mol. The summed E-state index contributed by atoms with van der Waals surface area (Å²) in [6.07, 6.45) is 1.78. The van der Waals surface area contributed by atoms with Crippen molar-refractivity contribution < 1.29 is 14.3 Å². The summed E-state index contributed by atoms with van der Waals surface area (Å²) < 4.78 is 6.81. The topological polar surface area (TPSA) is 87.0 Å². The lowest BCUT2D eigenvalue weighted by Crippen LogP contribution is -2.27. The van der Waals surface area contributed by atoms with E-state index in [4.69, 9.17) is 4.74 Å². The molecule has 0 radical (unpaired) electrons. The van der Waals surface area contributed by atoms with Gasteiger partial charge in [0, 0.05) is 12.0 Å². The number of carbonyl (C=O) groups excluding carboxylic acids is 2. The van der Waals surface area contributed by atoms with Gasteiger partial charge in [-0.2, -0.15) is 0 Å². The molecule has 25 heavy (non-hydrogen) atoms. The highest BCUT2D eigenvalue weighted by Gasteiger charge is 2.24. The first-order valence-corrected chi connectivity index (χ1v) is 7.72. The minimum absolute atomic E-state index is 0.0477. The van der Waals surface area contributed by atoms with Crippen LogP contribution >= 0.6 is 0 Å². The monoisotopic (exact) mass is 336 g/mol. The highest BCUT2D eigenvalue weighted by atomic mass is 16.5. The Balaban J connectivity index is 1.78. The van der Waals surface area contributed by atoms with E-state index in [0.29, 0.717) is 17.7 Å². The molecular formula is C18H16N4O3. The third-order valence-electron chi connectivity index (χ3n) is 3.71. The van der Waals surface area contributed by atoms with Gasteiger partial charge < -0.3 is 4.74 Å². The molecule has 1 heterocycles. The van der Waals surface area contributed by atoms with Crippen molar-refractivity contribution in [1.29, 1.82) is 0 Å². The second kappa shape index (κ2) is 7.48. The van der Waals surface area contributed by atoms with Crippen molar-refractivity contribution in [3.63, 3.8) is 0 Å². The van der Waals surface area contributed by atoms with Gasteiger partial charge in [0.15, 0.2) is 11.8 Å². The van der Waals surface area contributed by atoms with Crippen molar-refractivity contribution in [3.8, 4) is 5.75 Å². The number of nitrogens with zero attached hydrogens (tertiary/aromatic N) is 4. The number of ether oxygens (including phenoxy) is 1. The van der Waals surface area contributed by atoms with Gasteiger partial charge in [-0.3, -0.25) is 4.79 Å². The lowest BCUT2D eigenvalue weighted by atomic mass is 10.1. The van der Waals surface area contributed by atoms with Gasteiger partial charge in [-0.05, 0) is 47.2 Å². The van der Waals surface area contributed by atoms with Crippen LogP contribution in [0, 0.1) is 0 Å². The summed E-state index contributed by atoms with van der Waals surface area (Å²) in [6, 6.07) is 15.3. The zero-order valence-corrected chi connectivity index (χ0v) is 13.6. The lowest BCUT2D eigenvalue weighted by molar-refractivity contribution is -0.138. The quantitative estimate of drug-likeness (QED) is 0.390. The molecular weight excluding hydrogens is 320 g/mol. The molecule has 3 aromatic rings. The number of esters is 1. The first-order chi connectivity index (χ1) is 12.1. The highest BCUT2D eigenvalue weighted by Crippen LogP contribution is 2.19. The summed E-state index contributed by atoms with van der Waals surface area (Å²) in [7, 11) is 0. The van der Waals surface area contributed by atoms with E-state index in [1.54, 1.807) is 24.3 Å². The molecule has 7 heteroatoms. The molecule has 0 saturated heterocycles. The predicted octanol–water partition coefficient (Wildman–Crippen LogP) is 2.27. The molecule has 1 aromatic heterocycles. The van der Waals surface area contributed by atoms with Crippen LogP contribution < -0.4 is 4.74 Å². The number of rotatable bonds is 6. The Morgan fingerprint density at radius 1 is 1.08 bits per heavy atom. The van der Waals surface area contributed by atoms with E-state index in [1.165, 1.54) is 17.9 Å². The van der Waals surface area contributed by atoms with Gasteiger partial charge in [-0.15, -0.1) is 5.10 Å². The van der Waals surface area contributed by atoms with Gasteiger partial charge in [0.1, 0.15) is 12.1 Å². The van der Waals surface area contributed by atoms with E-state index in [2.05, 4.69) is 15.5 Å². The Bertz CT molecular complexity index is 846. The molecule has 0 aliphatic rings. The number of ketones is 1. The van der Waals surface area contributed by atoms with Crippen LogP contribution in [0.15, 0.2) is 60.9 Å². The third-order valence-corrected chi connectivity index (χ3v) is 3.71. The number of tetrazole rings is 1. The zero-order valence-electron chi connectivity index (χ0n) is 13.6. The molecule has 0 aliphatic carbocycles. The summed E-state index contributed by atoms with van der Waals surface area (Å²) in [4.78, 5) is 23.9. The van der Waals surface area contributed by atoms with E-state index >= 15 is 0 Å². The van der Waals surface area contributed by atoms with Crippen LogP contribution in [0.25, 0.3) is 0 Å². The summed E-state index contributed by atoms with van der Waals surface area (Å²) in [5.74, 6) is -0.165. The third kappa shape index (κ3) is 4.14. The Morgan fingerprint density at radius 2 is 1.80 bits per heavy atom. The number of hydrogen-bond donors (Lipinski definition) is 0. The molecule has 126 valence electrons. The maximum absolute atomic E-state index is 12.6. The Hall–Kier alpha value is -3.35. The van der Waals surface area contributed by atoms with E-state index in [-0.39, 0.29) is 5.78 Å². The second-order valence-corrected chi connectivity index (χ2v) is 5.50. The number of benzene rings is 2. The summed E-state index contributed by atoms with van der Waals surface area (Å²) in [5, 5.41) is 11.0. The number of hydrogen-bond acceptors (Lipinski definition) is 6. The van der Waals surface area contributed by atoms with Crippen LogP contribution in [0.2, 0.25) is 0 Å². The summed E-state index contributed by atoms with van der Waals surface area (Å²) in [6.45, 7) is 1.48. The number of aromatic nitrogens is 4. The van der Waals surface area contributed by atoms with Crippen LogP contribution in [0.5, 0.6) is 5.75 Å². The molecule has 0 amide bonds. The number of Topliss-reactive ketones (excluding diaryl/α,β-unsaturated/α-hetero) is 1. The van der Waals surface area contributed by atoms with E-state index < -0.39 is 12.0 Å². The SMILES string of the molecule is CC(=O)c1ccc(OC(=O)[C@H](Cc2ccccc2)n2cnnn2)cc1. The zero-order chi connectivity index (χ0) is 17.6. The molecule has 1 atom stereocenters. The van der Waals surface area contributed by atoms with Crippen molar-refractivity contribution in [2.24, 2.45) is 0 Å². The molecule has 0 spiro atoms. The number of carbonyl (C=O) groups is 2. The fourth-order valence-electron chi connectivity index (χ4n) is 2.38. The first kappa shape index (κ1) is 16.5. The Kier molecular flexibility index (Phi) is 4.94. The van der Waals surface area contributed by atoms with Crippen LogP contribution in [-0.2, 0) is 11.2 Å². The fraction of sp³-hybridized carbons (Fsp3) is 0.167. The van der Waals surface area contributed by atoms with Crippen LogP contribution in [-0.4, -0.2) is 32.0 Å². The Labute approximate surface area is 144 Å². The average Bonchev–Trinajstić information content (AvgIpc) is 3.15. The minimum Gasteiger partial charge on any atom is -0.425 e. The maximum Gasteiger partial charge on any atom is 0.336 e. The summed E-state index contributed by atoms with van der Waals surface area (Å²) in [5.41, 5.74) is 1.52. The highest BCUT2D eigenvalue weighted by molar-refractivity contribution is 5.94. The van der Waals surface area contributed by atoms with Crippen molar-refractivity contribution in [3.05, 3.63) is 72.1 Å². The molecule has 3 rings (SSSR count). The van der Waals surface area contributed by atoms with Gasteiger partial charge in [0.05, 0.1) is 0 Å². The summed E-state index contributed by atoms with van der Waals surface area (Å²) >= 11 is 0. The minimum atomic E-state index is -0.690. The normalized spacial score (nSPS) is 11.7. The van der Waals surface area contributed by atoms with Crippen molar-refractivity contribution in [2.45, 2.75) is 19.4 Å². The van der Waals surface area contributed by atoms with E-state index in [0.717, 1.165) is 5.56 Å². The van der Waals surface area contributed by atoms with Crippen molar-refractivity contribution in [1.82, 2.24) is 20.2 Å². The van der Waals surface area contributed by atoms with E-state index in [9.17, 15) is 9.59 Å². The molecule has 0 unspecified atom stereocenters.